The quantitative estimate of drug-likeness (QED) is 0.540. The average molecular weight is 412 g/mol. The van der Waals surface area contributed by atoms with Gasteiger partial charge in [0.1, 0.15) is 6.20 Å². The first kappa shape index (κ1) is 20.6. The van der Waals surface area contributed by atoms with Crippen molar-refractivity contribution in [3.05, 3.63) is 59.5 Å². The number of nitrogen functional groups attached to an aromatic ring is 2. The standard InChI is InChI=1S/C20H21N5O5/c1-27-15-9-12(10-16(28-2)17(15)29-3)8-13-11-25(20(22)24-18(13)21)30-19(26)14-6-4-5-7-23-14/h4-7,9-11H,8H2,1-3H3,(H3,21,22,24)/p+1. The van der Waals surface area contributed by atoms with E-state index < -0.39 is 5.97 Å². The maximum absolute atomic E-state index is 12.3. The minimum atomic E-state index is -0.683. The fraction of sp³-hybridized carbons (Fsp3) is 0.200. The van der Waals surface area contributed by atoms with Gasteiger partial charge in [-0.25, -0.2) is 9.78 Å². The Labute approximate surface area is 172 Å². The lowest BCUT2D eigenvalue weighted by Crippen LogP contribution is -2.49. The molecule has 0 saturated carbocycles. The van der Waals surface area contributed by atoms with Crippen LogP contribution in [0.1, 0.15) is 21.6 Å². The second-order valence-electron chi connectivity index (χ2n) is 6.14. The van der Waals surface area contributed by atoms with Gasteiger partial charge in [0.05, 0.1) is 26.9 Å². The van der Waals surface area contributed by atoms with Gasteiger partial charge < -0.3 is 19.9 Å². The molecule has 0 radical (unpaired) electrons. The van der Waals surface area contributed by atoms with E-state index in [2.05, 4.69) is 9.97 Å². The summed E-state index contributed by atoms with van der Waals surface area (Å²) in [5.74, 6) is 0.924. The molecule has 1 aromatic carbocycles. The molecular weight excluding hydrogens is 390 g/mol. The molecule has 156 valence electrons. The van der Waals surface area contributed by atoms with Gasteiger partial charge in [-0.1, -0.05) is 11.1 Å². The number of benzene rings is 1. The Hall–Kier alpha value is -4.08. The highest BCUT2D eigenvalue weighted by Crippen LogP contribution is 2.38. The Bertz CT molecular complexity index is 1030. The molecule has 0 spiro atoms. The van der Waals surface area contributed by atoms with Crippen molar-refractivity contribution in [2.45, 2.75) is 6.42 Å². The predicted molar refractivity (Wildman–Crippen MR) is 107 cm³/mol. The first-order valence-electron chi connectivity index (χ1n) is 8.86. The van der Waals surface area contributed by atoms with Gasteiger partial charge in [-0.3, -0.25) is 10.6 Å². The molecule has 30 heavy (non-hydrogen) atoms. The summed E-state index contributed by atoms with van der Waals surface area (Å²) < 4.78 is 17.1. The van der Waals surface area contributed by atoms with Crippen molar-refractivity contribution in [2.24, 2.45) is 0 Å². The molecule has 0 aliphatic rings. The topological polar surface area (TPSA) is 136 Å². The van der Waals surface area contributed by atoms with Gasteiger partial charge in [0.15, 0.2) is 17.2 Å². The highest BCUT2D eigenvalue weighted by molar-refractivity contribution is 5.86. The molecule has 2 heterocycles. The number of nitrogens with zero attached hydrogens (tertiary/aromatic N) is 3. The van der Waals surface area contributed by atoms with E-state index in [9.17, 15) is 4.79 Å². The number of carbonyl (C=O) groups excluding carboxylic acids is 1. The van der Waals surface area contributed by atoms with Crippen LogP contribution in [0.3, 0.4) is 0 Å². The summed E-state index contributed by atoms with van der Waals surface area (Å²) in [6, 6.07) is 8.48. The first-order chi connectivity index (χ1) is 14.5. The Morgan fingerprint density at radius 1 is 1.07 bits per heavy atom. The van der Waals surface area contributed by atoms with Crippen LogP contribution in [0.5, 0.6) is 17.2 Å². The van der Waals surface area contributed by atoms with Gasteiger partial charge in [-0.15, -0.1) is 0 Å². The molecule has 0 unspecified atom stereocenters. The van der Waals surface area contributed by atoms with Crippen LogP contribution in [0.4, 0.5) is 11.8 Å². The van der Waals surface area contributed by atoms with Crippen molar-refractivity contribution >= 4 is 17.7 Å². The number of nitrogens with two attached hydrogens (primary N) is 2. The largest absolute Gasteiger partial charge is 0.493 e. The van der Waals surface area contributed by atoms with Gasteiger partial charge in [-0.2, -0.15) is 0 Å². The summed E-state index contributed by atoms with van der Waals surface area (Å²) >= 11 is 0. The summed E-state index contributed by atoms with van der Waals surface area (Å²) in [6.07, 6.45) is 3.33. The number of hydrogen-bond donors (Lipinski definition) is 2. The van der Waals surface area contributed by atoms with E-state index in [0.29, 0.717) is 29.2 Å². The Kier molecular flexibility index (Phi) is 6.16. The molecule has 0 atom stereocenters. The lowest BCUT2D eigenvalue weighted by atomic mass is 10.1. The van der Waals surface area contributed by atoms with E-state index in [-0.39, 0.29) is 17.5 Å². The zero-order chi connectivity index (χ0) is 21.7. The van der Waals surface area contributed by atoms with E-state index in [4.69, 9.17) is 30.5 Å². The summed E-state index contributed by atoms with van der Waals surface area (Å²) in [4.78, 5) is 25.6. The van der Waals surface area contributed by atoms with E-state index in [1.807, 2.05) is 0 Å². The maximum atomic E-state index is 12.3. The van der Waals surface area contributed by atoms with Crippen LogP contribution in [-0.4, -0.2) is 37.3 Å². The van der Waals surface area contributed by atoms with Crippen LogP contribution in [0.15, 0.2) is 42.7 Å². The van der Waals surface area contributed by atoms with Crippen LogP contribution in [0, 0.1) is 0 Å². The number of ether oxygens (including phenoxy) is 3. The smallest absolute Gasteiger partial charge is 0.428 e. The van der Waals surface area contributed by atoms with E-state index in [1.165, 1.54) is 39.8 Å². The molecule has 4 N–H and O–H groups in total. The SMILES string of the molecule is COc1cc(Cc2c[n+](OC(=O)c3ccccn3)c(N)nc2N)cc(OC)c1OC. The van der Waals surface area contributed by atoms with Gasteiger partial charge in [0.2, 0.25) is 11.6 Å². The number of pyridine rings is 1. The summed E-state index contributed by atoms with van der Waals surface area (Å²) in [6.45, 7) is 0. The number of hydrogen-bond acceptors (Lipinski definition) is 9. The highest BCUT2D eigenvalue weighted by atomic mass is 16.7. The zero-order valence-electron chi connectivity index (χ0n) is 16.8. The van der Waals surface area contributed by atoms with E-state index in [1.54, 1.807) is 24.3 Å². The van der Waals surface area contributed by atoms with Crippen molar-refractivity contribution in [1.29, 1.82) is 0 Å². The zero-order valence-corrected chi connectivity index (χ0v) is 16.8. The molecule has 3 aromatic rings. The van der Waals surface area contributed by atoms with Gasteiger partial charge in [0.25, 0.3) is 0 Å². The molecule has 0 aliphatic heterocycles. The fourth-order valence-electron chi connectivity index (χ4n) is 2.80. The van der Waals surface area contributed by atoms with E-state index >= 15 is 0 Å². The number of rotatable bonds is 7. The molecule has 0 saturated heterocycles. The Balaban J connectivity index is 1.92. The molecule has 3 rings (SSSR count). The van der Waals surface area contributed by atoms with Crippen molar-refractivity contribution < 1.29 is 28.6 Å². The van der Waals surface area contributed by atoms with Crippen molar-refractivity contribution in [3.8, 4) is 17.2 Å². The molecular formula is C20H22N5O5+. The summed E-state index contributed by atoms with van der Waals surface area (Å²) in [7, 11) is 4.59. The van der Waals surface area contributed by atoms with Crippen LogP contribution in [0.2, 0.25) is 0 Å². The summed E-state index contributed by atoms with van der Waals surface area (Å²) in [5.41, 5.74) is 13.4. The minimum Gasteiger partial charge on any atom is -0.493 e. The lowest BCUT2D eigenvalue weighted by Gasteiger charge is -2.14. The van der Waals surface area contributed by atoms with Crippen LogP contribution in [0.25, 0.3) is 0 Å². The lowest BCUT2D eigenvalue weighted by molar-refractivity contribution is -0.858. The third-order valence-electron chi connectivity index (χ3n) is 4.24. The van der Waals surface area contributed by atoms with Gasteiger partial charge in [0, 0.05) is 12.6 Å². The van der Waals surface area contributed by atoms with Crippen LogP contribution < -0.4 is 35.2 Å². The fourth-order valence-corrected chi connectivity index (χ4v) is 2.80. The third kappa shape index (κ3) is 4.32. The predicted octanol–water partition coefficient (Wildman–Crippen LogP) is 0.814. The number of carbonyl (C=O) groups is 1. The van der Waals surface area contributed by atoms with Crippen LogP contribution >= 0.6 is 0 Å². The second-order valence-corrected chi connectivity index (χ2v) is 6.14. The Morgan fingerprint density at radius 2 is 1.77 bits per heavy atom. The molecule has 0 fully saturated rings. The molecule has 0 aliphatic carbocycles. The maximum Gasteiger partial charge on any atom is 0.428 e. The third-order valence-corrected chi connectivity index (χ3v) is 4.24. The Morgan fingerprint density at radius 3 is 2.33 bits per heavy atom. The number of aromatic nitrogens is 3. The molecule has 10 heteroatoms. The number of methoxy groups -OCH3 is 3. The monoisotopic (exact) mass is 412 g/mol. The first-order valence-corrected chi connectivity index (χ1v) is 8.86. The highest BCUT2D eigenvalue weighted by Gasteiger charge is 2.21. The van der Waals surface area contributed by atoms with Crippen molar-refractivity contribution in [2.75, 3.05) is 32.8 Å². The molecule has 0 bridgehead atoms. The van der Waals surface area contributed by atoms with Crippen molar-refractivity contribution in [3.63, 3.8) is 0 Å². The summed E-state index contributed by atoms with van der Waals surface area (Å²) in [5, 5.41) is 0. The molecule has 10 nitrogen and oxygen atoms in total. The second kappa shape index (κ2) is 8.95. The van der Waals surface area contributed by atoms with E-state index in [0.717, 1.165) is 10.3 Å². The normalized spacial score (nSPS) is 10.4. The molecule has 2 aromatic heterocycles. The van der Waals surface area contributed by atoms with Gasteiger partial charge >= 0.3 is 11.9 Å². The number of anilines is 2. The minimum absolute atomic E-state index is 0.0783. The average Bonchev–Trinajstić information content (AvgIpc) is 2.76. The molecule has 0 amide bonds. The van der Waals surface area contributed by atoms with Gasteiger partial charge in [-0.05, 0) is 34.6 Å². The van der Waals surface area contributed by atoms with Crippen molar-refractivity contribution in [1.82, 2.24) is 9.97 Å². The van der Waals surface area contributed by atoms with Crippen LogP contribution in [-0.2, 0) is 6.42 Å².